The third-order valence-electron chi connectivity index (χ3n) is 5.05. The smallest absolute Gasteiger partial charge is 0.229 e. The summed E-state index contributed by atoms with van der Waals surface area (Å²) in [5, 5.41) is 13.4. The number of carbonyl (C=O) groups is 2. The summed E-state index contributed by atoms with van der Waals surface area (Å²) in [6, 6.07) is 7.32. The molecular formula is C19H23N5O2. The molecule has 2 fully saturated rings. The minimum Gasteiger partial charge on any atom is -0.326 e. The molecule has 1 aliphatic heterocycles. The van der Waals surface area contributed by atoms with Crippen molar-refractivity contribution < 1.29 is 9.59 Å². The number of anilines is 2. The maximum Gasteiger partial charge on any atom is 0.229 e. The van der Waals surface area contributed by atoms with Gasteiger partial charge in [0.05, 0.1) is 12.1 Å². The molecule has 26 heavy (non-hydrogen) atoms. The first-order chi connectivity index (χ1) is 12.6. The quantitative estimate of drug-likeness (QED) is 0.764. The zero-order valence-corrected chi connectivity index (χ0v) is 14.7. The molecule has 1 aromatic carbocycles. The molecule has 1 saturated carbocycles. The van der Waals surface area contributed by atoms with Crippen LogP contribution in [0.25, 0.3) is 0 Å². The Labute approximate surface area is 152 Å². The summed E-state index contributed by atoms with van der Waals surface area (Å²) in [5.74, 6) is 0.156. The van der Waals surface area contributed by atoms with E-state index in [4.69, 9.17) is 0 Å². The fourth-order valence-corrected chi connectivity index (χ4v) is 3.44. The van der Waals surface area contributed by atoms with Gasteiger partial charge in [-0.1, -0.05) is 6.07 Å². The summed E-state index contributed by atoms with van der Waals surface area (Å²) >= 11 is 0. The molecule has 0 spiro atoms. The second-order valence-electron chi connectivity index (χ2n) is 7.15. The molecule has 1 saturated heterocycles. The molecule has 2 amide bonds. The van der Waals surface area contributed by atoms with Gasteiger partial charge in [-0.2, -0.15) is 5.10 Å². The topological polar surface area (TPSA) is 88.0 Å². The third-order valence-corrected chi connectivity index (χ3v) is 5.05. The van der Waals surface area contributed by atoms with Gasteiger partial charge in [0.15, 0.2) is 0 Å². The SMILES string of the molecule is Cn1cc([C@H]2CNC[C@@H]2C(=O)Nc2cccc(NC(=O)C3CC3)c2)cn1. The fraction of sp³-hybridized carbons (Fsp3) is 0.421. The second kappa shape index (κ2) is 6.92. The Balaban J connectivity index is 1.43. The highest BCUT2D eigenvalue weighted by molar-refractivity contribution is 5.96. The van der Waals surface area contributed by atoms with Crippen LogP contribution in [0.1, 0.15) is 24.3 Å². The lowest BCUT2D eigenvalue weighted by molar-refractivity contribution is -0.119. The molecule has 0 bridgehead atoms. The van der Waals surface area contributed by atoms with Crippen LogP contribution in [0.4, 0.5) is 11.4 Å². The van der Waals surface area contributed by atoms with Gasteiger partial charge < -0.3 is 16.0 Å². The van der Waals surface area contributed by atoms with Crippen LogP contribution < -0.4 is 16.0 Å². The predicted octanol–water partition coefficient (Wildman–Crippen LogP) is 1.71. The minimum atomic E-state index is -0.149. The molecule has 4 rings (SSSR count). The monoisotopic (exact) mass is 353 g/mol. The molecule has 136 valence electrons. The van der Waals surface area contributed by atoms with E-state index in [1.165, 1.54) is 0 Å². The van der Waals surface area contributed by atoms with Crippen molar-refractivity contribution in [3.8, 4) is 0 Å². The summed E-state index contributed by atoms with van der Waals surface area (Å²) in [7, 11) is 1.88. The van der Waals surface area contributed by atoms with Crippen LogP contribution in [-0.2, 0) is 16.6 Å². The van der Waals surface area contributed by atoms with E-state index in [0.29, 0.717) is 17.9 Å². The largest absolute Gasteiger partial charge is 0.326 e. The van der Waals surface area contributed by atoms with E-state index < -0.39 is 0 Å². The van der Waals surface area contributed by atoms with Gasteiger partial charge in [-0.3, -0.25) is 14.3 Å². The Morgan fingerprint density at radius 2 is 1.88 bits per heavy atom. The van der Waals surface area contributed by atoms with E-state index in [1.807, 2.05) is 37.6 Å². The summed E-state index contributed by atoms with van der Waals surface area (Å²) in [6.45, 7) is 1.41. The number of aryl methyl sites for hydroxylation is 1. The lowest BCUT2D eigenvalue weighted by Gasteiger charge is -2.17. The number of nitrogens with one attached hydrogen (secondary N) is 3. The minimum absolute atomic E-state index is 0.0190. The molecule has 3 N–H and O–H groups in total. The highest BCUT2D eigenvalue weighted by atomic mass is 16.2. The van der Waals surface area contributed by atoms with Crippen LogP contribution in [0.3, 0.4) is 0 Å². The predicted molar refractivity (Wildman–Crippen MR) is 98.7 cm³/mol. The van der Waals surface area contributed by atoms with Gasteiger partial charge in [0.1, 0.15) is 0 Å². The Hall–Kier alpha value is -2.67. The van der Waals surface area contributed by atoms with Gasteiger partial charge in [0.2, 0.25) is 11.8 Å². The van der Waals surface area contributed by atoms with Crippen molar-refractivity contribution in [3.05, 3.63) is 42.2 Å². The van der Waals surface area contributed by atoms with Gasteiger partial charge in [-0.25, -0.2) is 0 Å². The lowest BCUT2D eigenvalue weighted by atomic mass is 9.90. The summed E-state index contributed by atoms with van der Waals surface area (Å²) in [4.78, 5) is 24.7. The Bertz CT molecular complexity index is 827. The first-order valence-electron chi connectivity index (χ1n) is 9.01. The van der Waals surface area contributed by atoms with Crippen molar-refractivity contribution >= 4 is 23.2 Å². The van der Waals surface area contributed by atoms with E-state index >= 15 is 0 Å². The highest BCUT2D eigenvalue weighted by Crippen LogP contribution is 2.31. The van der Waals surface area contributed by atoms with Gasteiger partial charge >= 0.3 is 0 Å². The normalized spacial score (nSPS) is 22.2. The van der Waals surface area contributed by atoms with Gasteiger partial charge in [0, 0.05) is 49.5 Å². The van der Waals surface area contributed by atoms with Crippen LogP contribution in [0, 0.1) is 11.8 Å². The van der Waals surface area contributed by atoms with Crippen LogP contribution in [0.15, 0.2) is 36.7 Å². The number of carbonyl (C=O) groups excluding carboxylic acids is 2. The molecule has 2 aromatic rings. The number of amides is 2. The van der Waals surface area contributed by atoms with Crippen molar-refractivity contribution in [1.29, 1.82) is 0 Å². The number of hydrogen-bond donors (Lipinski definition) is 3. The Morgan fingerprint density at radius 1 is 1.15 bits per heavy atom. The molecule has 2 heterocycles. The summed E-state index contributed by atoms with van der Waals surface area (Å²) in [5.41, 5.74) is 2.48. The van der Waals surface area contributed by atoms with Crippen LogP contribution in [-0.4, -0.2) is 34.7 Å². The second-order valence-corrected chi connectivity index (χ2v) is 7.15. The van der Waals surface area contributed by atoms with Crippen molar-refractivity contribution in [3.63, 3.8) is 0 Å². The van der Waals surface area contributed by atoms with Gasteiger partial charge in [-0.15, -0.1) is 0 Å². The maximum absolute atomic E-state index is 12.8. The zero-order chi connectivity index (χ0) is 18.1. The molecule has 2 aliphatic rings. The van der Waals surface area contributed by atoms with Crippen molar-refractivity contribution in [1.82, 2.24) is 15.1 Å². The molecule has 0 unspecified atom stereocenters. The van der Waals surface area contributed by atoms with Crippen LogP contribution in [0.5, 0.6) is 0 Å². The molecule has 1 aliphatic carbocycles. The van der Waals surface area contributed by atoms with Crippen molar-refractivity contribution in [2.24, 2.45) is 18.9 Å². The average Bonchev–Trinajstić information content (AvgIpc) is 3.20. The molecule has 0 radical (unpaired) electrons. The lowest BCUT2D eigenvalue weighted by Crippen LogP contribution is -2.28. The molecule has 2 atom stereocenters. The standard InChI is InChI=1S/C19H23N5O2/c1-24-11-13(8-21-24)16-9-20-10-17(16)19(26)23-15-4-2-3-14(7-15)22-18(25)12-5-6-12/h2-4,7-8,11-12,16-17,20H,5-6,9-10H2,1H3,(H,22,25)(H,23,26)/t16-,17+/m1/s1. The zero-order valence-electron chi connectivity index (χ0n) is 14.7. The number of rotatable bonds is 5. The van der Waals surface area contributed by atoms with E-state index in [-0.39, 0.29) is 29.6 Å². The number of aromatic nitrogens is 2. The fourth-order valence-electron chi connectivity index (χ4n) is 3.44. The molecule has 7 nitrogen and oxygen atoms in total. The van der Waals surface area contributed by atoms with E-state index in [9.17, 15) is 9.59 Å². The van der Waals surface area contributed by atoms with Crippen LogP contribution >= 0.6 is 0 Å². The van der Waals surface area contributed by atoms with Gasteiger partial charge in [-0.05, 0) is 36.6 Å². The number of hydrogen-bond acceptors (Lipinski definition) is 4. The first-order valence-corrected chi connectivity index (χ1v) is 9.01. The average molecular weight is 353 g/mol. The van der Waals surface area contributed by atoms with Crippen molar-refractivity contribution in [2.45, 2.75) is 18.8 Å². The highest BCUT2D eigenvalue weighted by Gasteiger charge is 2.34. The van der Waals surface area contributed by atoms with Crippen LogP contribution in [0.2, 0.25) is 0 Å². The number of nitrogens with zero attached hydrogens (tertiary/aromatic N) is 2. The summed E-state index contributed by atoms with van der Waals surface area (Å²) in [6.07, 6.45) is 5.72. The first kappa shape index (κ1) is 16.8. The Morgan fingerprint density at radius 3 is 2.54 bits per heavy atom. The van der Waals surface area contributed by atoms with E-state index in [1.54, 1.807) is 10.7 Å². The number of benzene rings is 1. The van der Waals surface area contributed by atoms with E-state index in [2.05, 4.69) is 21.0 Å². The van der Waals surface area contributed by atoms with Gasteiger partial charge in [0.25, 0.3) is 0 Å². The third kappa shape index (κ3) is 3.62. The van der Waals surface area contributed by atoms with E-state index in [0.717, 1.165) is 24.9 Å². The molecule has 1 aromatic heterocycles. The Kier molecular flexibility index (Phi) is 4.46. The summed E-state index contributed by atoms with van der Waals surface area (Å²) < 4.78 is 1.76. The maximum atomic E-state index is 12.8. The molecule has 7 heteroatoms. The van der Waals surface area contributed by atoms with Crippen molar-refractivity contribution in [2.75, 3.05) is 23.7 Å². The molecular weight excluding hydrogens is 330 g/mol.